The molecule has 4 N–H and O–H groups in total. The van der Waals surface area contributed by atoms with Crippen LogP contribution in [0.3, 0.4) is 0 Å². The monoisotopic (exact) mass is 221 g/mol. The lowest BCUT2D eigenvalue weighted by Gasteiger charge is -1.91. The van der Waals surface area contributed by atoms with Gasteiger partial charge in [0, 0.05) is 0 Å². The SMILES string of the molecule is NC(=O)S.NC(=S)Oc1ncco1. The van der Waals surface area contributed by atoms with Crippen LogP contribution in [0.5, 0.6) is 6.08 Å². The van der Waals surface area contributed by atoms with Crippen molar-refractivity contribution < 1.29 is 13.9 Å². The summed E-state index contributed by atoms with van der Waals surface area (Å²) in [6.45, 7) is 0. The van der Waals surface area contributed by atoms with E-state index in [4.69, 9.17) is 10.5 Å². The Labute approximate surface area is 84.6 Å². The zero-order valence-electron chi connectivity index (χ0n) is 6.34. The Morgan fingerprint density at radius 3 is 2.54 bits per heavy atom. The molecule has 0 spiro atoms. The maximum Gasteiger partial charge on any atom is 0.400 e. The normalized spacial score (nSPS) is 8.08. The summed E-state index contributed by atoms with van der Waals surface area (Å²) in [5, 5.41) is -0.738. The first-order valence-corrected chi connectivity index (χ1v) is 3.73. The molecule has 0 bridgehead atoms. The van der Waals surface area contributed by atoms with E-state index in [0.717, 1.165) is 0 Å². The van der Waals surface area contributed by atoms with Gasteiger partial charge in [0.2, 0.25) is 0 Å². The zero-order valence-corrected chi connectivity index (χ0v) is 8.05. The number of rotatable bonds is 1. The summed E-state index contributed by atoms with van der Waals surface area (Å²) in [5.74, 6) is 0. The Kier molecular flexibility index (Phi) is 5.64. The smallest absolute Gasteiger partial charge is 0.400 e. The van der Waals surface area contributed by atoms with Crippen molar-refractivity contribution in [3.05, 3.63) is 12.5 Å². The Hall–Kier alpha value is -1.28. The fraction of sp³-hybridized carbons (Fsp3) is 0. The van der Waals surface area contributed by atoms with E-state index in [0.29, 0.717) is 0 Å². The molecule has 1 heterocycles. The topological polar surface area (TPSA) is 104 Å². The number of hydrogen-bond donors (Lipinski definition) is 3. The van der Waals surface area contributed by atoms with Gasteiger partial charge in [-0.25, -0.2) is 0 Å². The molecule has 1 aromatic rings. The van der Waals surface area contributed by atoms with Crippen LogP contribution < -0.4 is 16.2 Å². The predicted octanol–water partition coefficient (Wildman–Crippen LogP) is 0.292. The summed E-state index contributed by atoms with van der Waals surface area (Å²) in [7, 11) is 0. The molecule has 0 saturated carbocycles. The Balaban J connectivity index is 0.000000310. The van der Waals surface area contributed by atoms with Crippen LogP contribution in [0.1, 0.15) is 0 Å². The van der Waals surface area contributed by atoms with Crippen molar-refractivity contribution in [2.75, 3.05) is 0 Å². The van der Waals surface area contributed by atoms with Gasteiger partial charge in [-0.2, -0.15) is 4.98 Å². The molecule has 0 saturated heterocycles. The summed E-state index contributed by atoms with van der Waals surface area (Å²) < 4.78 is 9.23. The van der Waals surface area contributed by atoms with Gasteiger partial charge in [0.05, 0.1) is 6.20 Å². The van der Waals surface area contributed by atoms with E-state index in [2.05, 4.69) is 44.7 Å². The molecule has 0 aliphatic rings. The van der Waals surface area contributed by atoms with Crippen molar-refractivity contribution in [1.29, 1.82) is 0 Å². The molecule has 0 aliphatic carbocycles. The van der Waals surface area contributed by atoms with Crippen molar-refractivity contribution in [3.63, 3.8) is 0 Å². The lowest BCUT2D eigenvalue weighted by Crippen LogP contribution is -2.15. The number of carbonyl (C=O) groups is 1. The maximum absolute atomic E-state index is 9.09. The summed E-state index contributed by atoms with van der Waals surface area (Å²) in [6.07, 6.45) is 2.88. The first-order chi connectivity index (χ1) is 6.02. The second kappa shape index (κ2) is 6.26. The minimum Gasteiger partial charge on any atom is -0.417 e. The highest BCUT2D eigenvalue weighted by molar-refractivity contribution is 7.96. The number of hydrogen-bond acceptors (Lipinski definition) is 5. The Bertz CT molecular complexity index is 271. The molecule has 13 heavy (non-hydrogen) atoms. The molecule has 6 nitrogen and oxygen atoms in total. The van der Waals surface area contributed by atoms with Crippen molar-refractivity contribution in [3.8, 4) is 6.08 Å². The fourth-order valence-electron chi connectivity index (χ4n) is 0.347. The largest absolute Gasteiger partial charge is 0.417 e. The van der Waals surface area contributed by atoms with Crippen LogP contribution in [0.15, 0.2) is 16.9 Å². The van der Waals surface area contributed by atoms with Crippen LogP contribution in [0.25, 0.3) is 0 Å². The zero-order chi connectivity index (χ0) is 10.3. The van der Waals surface area contributed by atoms with E-state index in [1.54, 1.807) is 0 Å². The molecule has 0 fully saturated rings. The molecule has 0 aromatic carbocycles. The number of ether oxygens (including phenoxy) is 1. The van der Waals surface area contributed by atoms with Crippen molar-refractivity contribution >= 4 is 35.3 Å². The van der Waals surface area contributed by atoms with Gasteiger partial charge in [0.25, 0.3) is 10.4 Å². The third kappa shape index (κ3) is 8.63. The number of nitrogens with two attached hydrogens (primary N) is 2. The highest BCUT2D eigenvalue weighted by atomic mass is 32.1. The van der Waals surface area contributed by atoms with E-state index in [9.17, 15) is 0 Å². The number of amides is 1. The third-order valence-corrected chi connectivity index (χ3v) is 0.681. The van der Waals surface area contributed by atoms with Gasteiger partial charge in [0.15, 0.2) is 0 Å². The number of primary amides is 1. The molecular formula is C5H7N3O3S2. The number of oxazole rings is 1. The Morgan fingerprint density at radius 2 is 2.23 bits per heavy atom. The summed E-state index contributed by atoms with van der Waals surface area (Å²) >= 11 is 7.50. The molecule has 72 valence electrons. The standard InChI is InChI=1S/C4H4N2O2S.CH3NOS/c5-3(9)8-4-6-1-2-7-4;2-1(3)4/h1-2H,(H2,5,9);(H3,2,3,4). The number of nitrogens with zero attached hydrogens (tertiary/aromatic N) is 1. The molecule has 0 aliphatic heterocycles. The molecule has 1 rings (SSSR count). The minimum atomic E-state index is -0.639. The first-order valence-electron chi connectivity index (χ1n) is 2.87. The molecule has 0 unspecified atom stereocenters. The molecule has 8 heteroatoms. The number of thiol groups is 1. The lowest BCUT2D eigenvalue weighted by molar-refractivity contribution is 0.267. The lowest BCUT2D eigenvalue weighted by atomic mass is 11.0. The van der Waals surface area contributed by atoms with Gasteiger partial charge >= 0.3 is 6.08 Å². The summed E-state index contributed by atoms with van der Waals surface area (Å²) in [6, 6.07) is 0. The van der Waals surface area contributed by atoms with Crippen LogP contribution >= 0.6 is 24.8 Å². The molecular weight excluding hydrogens is 214 g/mol. The molecule has 1 amide bonds. The van der Waals surface area contributed by atoms with Gasteiger partial charge in [-0.15, -0.1) is 0 Å². The van der Waals surface area contributed by atoms with Crippen LogP contribution in [0.4, 0.5) is 4.79 Å². The fourth-order valence-corrected chi connectivity index (χ4v) is 0.418. The van der Waals surface area contributed by atoms with Crippen LogP contribution in [0, 0.1) is 0 Å². The summed E-state index contributed by atoms with van der Waals surface area (Å²) in [5.41, 5.74) is 9.33. The quantitative estimate of drug-likeness (QED) is 0.465. The number of carbonyl (C=O) groups excluding carboxylic acids is 1. The molecule has 0 atom stereocenters. The van der Waals surface area contributed by atoms with Crippen molar-refractivity contribution in [1.82, 2.24) is 4.98 Å². The highest BCUT2D eigenvalue weighted by Crippen LogP contribution is 2.03. The molecule has 0 radical (unpaired) electrons. The van der Waals surface area contributed by atoms with E-state index in [-0.39, 0.29) is 11.3 Å². The van der Waals surface area contributed by atoms with Gasteiger partial charge < -0.3 is 20.6 Å². The average Bonchev–Trinajstić information content (AvgIpc) is 2.36. The number of thiocarbonyl (C=S) groups is 1. The maximum atomic E-state index is 9.09. The number of aromatic nitrogens is 1. The minimum absolute atomic E-state index is 0.0718. The molecule has 1 aromatic heterocycles. The van der Waals surface area contributed by atoms with Crippen molar-refractivity contribution in [2.24, 2.45) is 11.5 Å². The summed E-state index contributed by atoms with van der Waals surface area (Å²) in [4.78, 5) is 12.7. The highest BCUT2D eigenvalue weighted by Gasteiger charge is 1.96. The van der Waals surface area contributed by atoms with E-state index in [1.807, 2.05) is 0 Å². The van der Waals surface area contributed by atoms with Gasteiger partial charge in [-0.05, 0) is 12.2 Å². The first kappa shape index (κ1) is 11.7. The average molecular weight is 221 g/mol. The van der Waals surface area contributed by atoms with Crippen LogP contribution in [-0.2, 0) is 0 Å². The van der Waals surface area contributed by atoms with E-state index in [1.165, 1.54) is 12.5 Å². The second-order valence-corrected chi connectivity index (χ2v) is 2.40. The van der Waals surface area contributed by atoms with Gasteiger partial charge in [0.1, 0.15) is 6.26 Å². The van der Waals surface area contributed by atoms with Gasteiger partial charge in [-0.1, -0.05) is 12.6 Å². The Morgan fingerprint density at radius 1 is 1.69 bits per heavy atom. The van der Waals surface area contributed by atoms with Crippen molar-refractivity contribution in [2.45, 2.75) is 0 Å². The van der Waals surface area contributed by atoms with E-state index < -0.39 is 5.24 Å². The van der Waals surface area contributed by atoms with E-state index >= 15 is 0 Å². The van der Waals surface area contributed by atoms with Gasteiger partial charge in [-0.3, -0.25) is 4.79 Å². The van der Waals surface area contributed by atoms with Crippen LogP contribution in [0.2, 0.25) is 0 Å². The predicted molar refractivity (Wildman–Crippen MR) is 52.5 cm³/mol. The van der Waals surface area contributed by atoms with Crippen LogP contribution in [-0.4, -0.2) is 15.4 Å². The third-order valence-electron chi connectivity index (χ3n) is 0.598. The second-order valence-electron chi connectivity index (χ2n) is 1.56.